The first-order valence-corrected chi connectivity index (χ1v) is 12.8. The molecule has 5 rings (SSSR count). The quantitative estimate of drug-likeness (QED) is 0.447. The predicted octanol–water partition coefficient (Wildman–Crippen LogP) is 3.72. The summed E-state index contributed by atoms with van der Waals surface area (Å²) in [6, 6.07) is 14.7. The maximum Gasteiger partial charge on any atom is 0.173 e. The van der Waals surface area contributed by atoms with Crippen LogP contribution in [-0.2, 0) is 6.54 Å². The van der Waals surface area contributed by atoms with Gasteiger partial charge >= 0.3 is 0 Å². The summed E-state index contributed by atoms with van der Waals surface area (Å²) in [7, 11) is 5.07. The number of piperazine rings is 1. The summed E-state index contributed by atoms with van der Waals surface area (Å²) in [6.07, 6.45) is 4.71. The molecule has 1 aromatic heterocycles. The second-order valence-electron chi connectivity index (χ2n) is 9.56. The van der Waals surface area contributed by atoms with E-state index in [1.54, 1.807) is 21.3 Å². The molecule has 36 heavy (non-hydrogen) atoms. The Kier molecular flexibility index (Phi) is 7.67. The van der Waals surface area contributed by atoms with Crippen LogP contribution < -0.4 is 14.2 Å². The molecule has 1 atom stereocenters. The van der Waals surface area contributed by atoms with Crippen LogP contribution in [-0.4, -0.2) is 77.5 Å². The number of nitrogens with zero attached hydrogens (tertiary/aromatic N) is 6. The lowest BCUT2D eigenvalue weighted by Crippen LogP contribution is -2.48. The van der Waals surface area contributed by atoms with Gasteiger partial charge in [0.05, 0.1) is 33.4 Å². The van der Waals surface area contributed by atoms with Gasteiger partial charge in [-0.3, -0.25) is 9.80 Å². The van der Waals surface area contributed by atoms with Gasteiger partial charge in [-0.2, -0.15) is 0 Å². The number of tetrazole rings is 1. The summed E-state index contributed by atoms with van der Waals surface area (Å²) in [6.45, 7) is 4.59. The van der Waals surface area contributed by atoms with E-state index < -0.39 is 0 Å². The van der Waals surface area contributed by atoms with Gasteiger partial charge in [-0.15, -0.1) is 5.10 Å². The van der Waals surface area contributed by atoms with Crippen molar-refractivity contribution in [1.82, 2.24) is 30.0 Å². The van der Waals surface area contributed by atoms with Gasteiger partial charge in [-0.05, 0) is 47.0 Å². The summed E-state index contributed by atoms with van der Waals surface area (Å²) in [4.78, 5) is 4.98. The number of aromatic nitrogens is 4. The smallest absolute Gasteiger partial charge is 0.173 e. The molecule has 9 nitrogen and oxygen atoms in total. The normalized spacial score (nSPS) is 18.3. The first kappa shape index (κ1) is 24.5. The van der Waals surface area contributed by atoms with Crippen molar-refractivity contribution in [3.63, 3.8) is 0 Å². The minimum Gasteiger partial charge on any atom is -0.496 e. The van der Waals surface area contributed by atoms with Crippen molar-refractivity contribution in [2.45, 2.75) is 44.3 Å². The highest BCUT2D eigenvalue weighted by atomic mass is 16.5. The van der Waals surface area contributed by atoms with Crippen LogP contribution in [0.5, 0.6) is 17.2 Å². The Hall–Kier alpha value is -3.17. The number of hydrogen-bond donors (Lipinski definition) is 0. The maximum atomic E-state index is 5.64. The maximum absolute atomic E-state index is 5.64. The molecule has 1 saturated carbocycles. The van der Waals surface area contributed by atoms with E-state index in [4.69, 9.17) is 14.2 Å². The number of ether oxygens (including phenoxy) is 3. The second-order valence-corrected chi connectivity index (χ2v) is 9.56. The molecule has 2 fully saturated rings. The molecule has 3 aromatic rings. The molecule has 2 aromatic carbocycles. The summed E-state index contributed by atoms with van der Waals surface area (Å²) in [5, 5.41) is 13.2. The van der Waals surface area contributed by atoms with E-state index in [-0.39, 0.29) is 6.04 Å². The summed E-state index contributed by atoms with van der Waals surface area (Å²) < 4.78 is 18.8. The van der Waals surface area contributed by atoms with Crippen molar-refractivity contribution in [2.75, 3.05) is 47.5 Å². The molecule has 0 spiro atoms. The zero-order chi connectivity index (χ0) is 24.9. The molecule has 192 valence electrons. The van der Waals surface area contributed by atoms with Crippen LogP contribution in [0.2, 0.25) is 0 Å². The van der Waals surface area contributed by atoms with Crippen LogP contribution >= 0.6 is 0 Å². The van der Waals surface area contributed by atoms with Crippen molar-refractivity contribution in [3.8, 4) is 17.2 Å². The number of rotatable bonds is 9. The highest BCUT2D eigenvalue weighted by Gasteiger charge is 2.33. The van der Waals surface area contributed by atoms with Gasteiger partial charge in [0, 0.05) is 38.3 Å². The van der Waals surface area contributed by atoms with E-state index in [1.807, 2.05) is 18.2 Å². The standard InChI is InChI=1S/C27H36N6O3/c1-34-23-11-7-4-8-21(23)19-31-14-16-32(17-15-31)26(20-12-13-24(35-2)25(18-20)36-3)27-28-29-30-33(27)22-9-5-6-10-22/h4,7-8,11-13,18,22,26H,5-6,9-10,14-17,19H2,1-3H3. The van der Waals surface area contributed by atoms with E-state index in [0.29, 0.717) is 6.04 Å². The molecule has 0 bridgehead atoms. The monoisotopic (exact) mass is 492 g/mol. The lowest BCUT2D eigenvalue weighted by molar-refractivity contribution is 0.0986. The largest absolute Gasteiger partial charge is 0.496 e. The molecule has 0 amide bonds. The Labute approximate surface area is 212 Å². The third-order valence-electron chi connectivity index (χ3n) is 7.52. The van der Waals surface area contributed by atoms with Crippen LogP contribution in [0.4, 0.5) is 0 Å². The van der Waals surface area contributed by atoms with E-state index in [2.05, 4.69) is 54.3 Å². The molecule has 1 aliphatic heterocycles. The average molecular weight is 493 g/mol. The highest BCUT2D eigenvalue weighted by molar-refractivity contribution is 5.45. The summed E-state index contributed by atoms with van der Waals surface area (Å²) in [5.41, 5.74) is 2.33. The van der Waals surface area contributed by atoms with Crippen molar-refractivity contribution in [2.24, 2.45) is 0 Å². The zero-order valence-corrected chi connectivity index (χ0v) is 21.5. The molecule has 1 unspecified atom stereocenters. The van der Waals surface area contributed by atoms with Crippen LogP contribution in [0.15, 0.2) is 42.5 Å². The van der Waals surface area contributed by atoms with E-state index in [0.717, 1.165) is 74.2 Å². The molecule has 0 N–H and O–H groups in total. The van der Waals surface area contributed by atoms with Crippen LogP contribution in [0.25, 0.3) is 0 Å². The van der Waals surface area contributed by atoms with Crippen LogP contribution in [0, 0.1) is 0 Å². The minimum absolute atomic E-state index is 0.0613. The zero-order valence-electron chi connectivity index (χ0n) is 21.5. The fourth-order valence-corrected chi connectivity index (χ4v) is 5.59. The fourth-order valence-electron chi connectivity index (χ4n) is 5.59. The lowest BCUT2D eigenvalue weighted by atomic mass is 10.0. The van der Waals surface area contributed by atoms with Crippen molar-refractivity contribution < 1.29 is 14.2 Å². The van der Waals surface area contributed by atoms with Crippen LogP contribution in [0.3, 0.4) is 0 Å². The minimum atomic E-state index is -0.0613. The Morgan fingerprint density at radius 2 is 1.58 bits per heavy atom. The highest BCUT2D eigenvalue weighted by Crippen LogP contribution is 2.37. The first-order chi connectivity index (χ1) is 17.7. The number of hydrogen-bond acceptors (Lipinski definition) is 8. The fraction of sp³-hybridized carbons (Fsp3) is 0.519. The summed E-state index contributed by atoms with van der Waals surface area (Å²) >= 11 is 0. The third kappa shape index (κ3) is 5.03. The molecule has 0 radical (unpaired) electrons. The Bertz CT molecular complexity index is 1140. The van der Waals surface area contributed by atoms with Crippen molar-refractivity contribution in [1.29, 1.82) is 0 Å². The molecule has 2 heterocycles. The molecule has 9 heteroatoms. The van der Waals surface area contributed by atoms with Gasteiger partial charge in [-0.1, -0.05) is 37.1 Å². The summed E-state index contributed by atoms with van der Waals surface area (Å²) in [5.74, 6) is 3.29. The molecule has 2 aliphatic rings. The SMILES string of the molecule is COc1ccccc1CN1CCN(C(c2ccc(OC)c(OC)c2)c2nnnn2C2CCCC2)CC1. The number of methoxy groups -OCH3 is 3. The van der Waals surface area contributed by atoms with Gasteiger partial charge in [0.25, 0.3) is 0 Å². The van der Waals surface area contributed by atoms with Gasteiger partial charge in [0.15, 0.2) is 17.3 Å². The average Bonchev–Trinajstić information content (AvgIpc) is 3.62. The van der Waals surface area contributed by atoms with Gasteiger partial charge in [0.2, 0.25) is 0 Å². The third-order valence-corrected chi connectivity index (χ3v) is 7.52. The molecule has 1 aliphatic carbocycles. The van der Waals surface area contributed by atoms with Crippen LogP contribution in [0.1, 0.15) is 54.7 Å². The Morgan fingerprint density at radius 1 is 0.861 bits per heavy atom. The lowest BCUT2D eigenvalue weighted by Gasteiger charge is -2.39. The number of benzene rings is 2. The Balaban J connectivity index is 1.41. The van der Waals surface area contributed by atoms with Crippen molar-refractivity contribution in [3.05, 3.63) is 59.4 Å². The van der Waals surface area contributed by atoms with Gasteiger partial charge in [-0.25, -0.2) is 4.68 Å². The molecular formula is C27H36N6O3. The van der Waals surface area contributed by atoms with E-state index >= 15 is 0 Å². The topological polar surface area (TPSA) is 77.8 Å². The van der Waals surface area contributed by atoms with E-state index in [9.17, 15) is 0 Å². The second kappa shape index (κ2) is 11.3. The molecular weight excluding hydrogens is 456 g/mol. The van der Waals surface area contributed by atoms with E-state index in [1.165, 1.54) is 18.4 Å². The first-order valence-electron chi connectivity index (χ1n) is 12.8. The van der Waals surface area contributed by atoms with Gasteiger partial charge < -0.3 is 14.2 Å². The predicted molar refractivity (Wildman–Crippen MR) is 137 cm³/mol. The molecule has 1 saturated heterocycles. The van der Waals surface area contributed by atoms with Crippen molar-refractivity contribution >= 4 is 0 Å². The number of para-hydroxylation sites is 1. The Morgan fingerprint density at radius 3 is 2.31 bits per heavy atom. The van der Waals surface area contributed by atoms with Gasteiger partial charge in [0.1, 0.15) is 5.75 Å².